The first-order valence-corrected chi connectivity index (χ1v) is 9.79. The van der Waals surface area contributed by atoms with Crippen molar-refractivity contribution < 1.29 is 0 Å². The van der Waals surface area contributed by atoms with Gasteiger partial charge in [0.2, 0.25) is 0 Å². The van der Waals surface area contributed by atoms with Gasteiger partial charge in [0.1, 0.15) is 0 Å². The first kappa shape index (κ1) is 13.8. The molecule has 5 saturated carbocycles. The summed E-state index contributed by atoms with van der Waals surface area (Å²) in [6.07, 6.45) is 11.4. The molecule has 0 N–H and O–H groups in total. The van der Waals surface area contributed by atoms with Gasteiger partial charge >= 0.3 is 0 Å². The molecule has 22 heavy (non-hydrogen) atoms. The van der Waals surface area contributed by atoms with Crippen LogP contribution in [0.15, 0.2) is 33.7 Å². The van der Waals surface area contributed by atoms with Crippen molar-refractivity contribution in [2.24, 2.45) is 40.0 Å². The zero-order valence-electron chi connectivity index (χ0n) is 13.0. The van der Waals surface area contributed by atoms with Gasteiger partial charge in [-0.25, -0.2) is 0 Å². The van der Waals surface area contributed by atoms with Crippen molar-refractivity contribution in [1.82, 2.24) is 0 Å². The van der Waals surface area contributed by atoms with E-state index in [4.69, 9.17) is 4.99 Å². The van der Waals surface area contributed by atoms with Crippen LogP contribution < -0.4 is 0 Å². The predicted octanol–water partition coefficient (Wildman–Crippen LogP) is 5.33. The van der Waals surface area contributed by atoms with Gasteiger partial charge in [0, 0.05) is 17.2 Å². The molecule has 5 fully saturated rings. The molecule has 5 aliphatic rings. The third-order valence-electron chi connectivity index (χ3n) is 7.29. The second-order valence-corrected chi connectivity index (χ2v) is 9.28. The quantitative estimate of drug-likeness (QED) is 0.648. The van der Waals surface area contributed by atoms with Crippen LogP contribution in [0.4, 0.5) is 0 Å². The summed E-state index contributed by atoms with van der Waals surface area (Å²) in [5, 5.41) is 0. The van der Waals surface area contributed by atoms with Crippen LogP contribution in [0.5, 0.6) is 0 Å². The molecule has 0 unspecified atom stereocenters. The number of rotatable bonds is 3. The van der Waals surface area contributed by atoms with E-state index in [0.717, 1.165) is 46.0 Å². The molecule has 6 rings (SSSR count). The summed E-state index contributed by atoms with van der Waals surface area (Å²) >= 11 is 3.49. The van der Waals surface area contributed by atoms with E-state index in [9.17, 15) is 0 Å². The average molecular weight is 358 g/mol. The van der Waals surface area contributed by atoms with Crippen LogP contribution in [0.25, 0.3) is 0 Å². The molecule has 0 saturated heterocycles. The van der Waals surface area contributed by atoms with Crippen LogP contribution in [-0.2, 0) is 0 Å². The second kappa shape index (κ2) is 4.93. The highest BCUT2D eigenvalue weighted by atomic mass is 79.9. The lowest BCUT2D eigenvalue weighted by Gasteiger charge is -2.56. The Morgan fingerprint density at radius 2 is 1.64 bits per heavy atom. The fourth-order valence-corrected chi connectivity index (χ4v) is 6.76. The number of hydrogen-bond acceptors (Lipinski definition) is 1. The highest BCUT2D eigenvalue weighted by Crippen LogP contribution is 2.74. The Balaban J connectivity index is 1.26. The van der Waals surface area contributed by atoms with E-state index in [2.05, 4.69) is 46.4 Å². The standard InChI is InChI=1S/C20H24BrN/c21-19-3-1-13(2-4-19)11-22-12-18-10-20(18)16-6-14-5-15(8-16)9-17(20)7-14/h1-4,11,14-18H,5-10,12H2/t14?,15?,16?,17?,18-,20?/m1/s1. The zero-order chi connectivity index (χ0) is 14.7. The number of halogens is 1. The lowest BCUT2D eigenvalue weighted by molar-refractivity contribution is -0.0593. The molecule has 1 spiro atoms. The third-order valence-corrected chi connectivity index (χ3v) is 7.82. The minimum Gasteiger partial charge on any atom is -0.292 e. The molecule has 2 heteroatoms. The Morgan fingerprint density at radius 3 is 2.27 bits per heavy atom. The topological polar surface area (TPSA) is 12.4 Å². The molecule has 1 aromatic carbocycles. The van der Waals surface area contributed by atoms with Crippen molar-refractivity contribution in [3.63, 3.8) is 0 Å². The van der Waals surface area contributed by atoms with Crippen LogP contribution in [0.2, 0.25) is 0 Å². The highest BCUT2D eigenvalue weighted by Gasteiger charge is 2.67. The number of benzene rings is 1. The molecule has 1 atom stereocenters. The lowest BCUT2D eigenvalue weighted by Crippen LogP contribution is -2.47. The molecule has 0 radical (unpaired) electrons. The fourth-order valence-electron chi connectivity index (χ4n) is 6.50. The van der Waals surface area contributed by atoms with Crippen molar-refractivity contribution in [2.75, 3.05) is 6.54 Å². The van der Waals surface area contributed by atoms with E-state index in [1.165, 1.54) is 12.0 Å². The maximum Gasteiger partial charge on any atom is 0.0423 e. The molecule has 116 valence electrons. The van der Waals surface area contributed by atoms with Gasteiger partial charge in [-0.05, 0) is 91.2 Å². The van der Waals surface area contributed by atoms with Crippen molar-refractivity contribution in [2.45, 2.75) is 38.5 Å². The summed E-state index contributed by atoms with van der Waals surface area (Å²) in [6.45, 7) is 1.07. The summed E-state index contributed by atoms with van der Waals surface area (Å²) in [5.41, 5.74) is 1.97. The average Bonchev–Trinajstić information content (AvgIpc) is 3.22. The number of nitrogens with zero attached hydrogens (tertiary/aromatic N) is 1. The molecule has 1 aromatic rings. The maximum absolute atomic E-state index is 4.80. The Labute approximate surface area is 141 Å². The minimum atomic E-state index is 0.741. The molecular weight excluding hydrogens is 334 g/mol. The molecule has 0 aliphatic heterocycles. The summed E-state index contributed by atoms with van der Waals surface area (Å²) in [7, 11) is 0. The van der Waals surface area contributed by atoms with Gasteiger partial charge in [0.15, 0.2) is 0 Å². The first-order chi connectivity index (χ1) is 10.7. The lowest BCUT2D eigenvalue weighted by atomic mass is 9.49. The number of hydrogen-bond donors (Lipinski definition) is 0. The molecule has 0 heterocycles. The third kappa shape index (κ3) is 2.06. The smallest absolute Gasteiger partial charge is 0.0423 e. The van der Waals surface area contributed by atoms with Crippen LogP contribution >= 0.6 is 15.9 Å². The van der Waals surface area contributed by atoms with Crippen molar-refractivity contribution in [1.29, 1.82) is 0 Å². The van der Waals surface area contributed by atoms with Crippen LogP contribution in [0.1, 0.15) is 44.1 Å². The van der Waals surface area contributed by atoms with Gasteiger partial charge in [-0.3, -0.25) is 4.99 Å². The summed E-state index contributed by atoms with van der Waals surface area (Å²) < 4.78 is 1.14. The fraction of sp³-hybridized carbons (Fsp3) is 0.650. The highest BCUT2D eigenvalue weighted by molar-refractivity contribution is 9.10. The zero-order valence-corrected chi connectivity index (χ0v) is 14.6. The van der Waals surface area contributed by atoms with E-state index >= 15 is 0 Å². The summed E-state index contributed by atoms with van der Waals surface area (Å²) in [4.78, 5) is 4.80. The van der Waals surface area contributed by atoms with Crippen LogP contribution in [0, 0.1) is 35.0 Å². The SMILES string of the molecule is Brc1ccc(C=NC[C@H]2CC23C2CC4CC(C2)CC3C4)cc1. The molecular formula is C20H24BrN. The van der Waals surface area contributed by atoms with Crippen LogP contribution in [0.3, 0.4) is 0 Å². The monoisotopic (exact) mass is 357 g/mol. The molecule has 0 amide bonds. The predicted molar refractivity (Wildman–Crippen MR) is 94.2 cm³/mol. The Kier molecular flexibility index (Phi) is 3.09. The summed E-state index contributed by atoms with van der Waals surface area (Å²) in [5.74, 6) is 5.23. The first-order valence-electron chi connectivity index (χ1n) is 8.99. The van der Waals surface area contributed by atoms with E-state index in [1.54, 1.807) is 32.1 Å². The van der Waals surface area contributed by atoms with E-state index in [-0.39, 0.29) is 0 Å². The van der Waals surface area contributed by atoms with Crippen LogP contribution in [-0.4, -0.2) is 12.8 Å². The molecule has 4 bridgehead atoms. The molecule has 0 aromatic heterocycles. The van der Waals surface area contributed by atoms with Crippen molar-refractivity contribution >= 4 is 22.1 Å². The Hall–Kier alpha value is -0.630. The van der Waals surface area contributed by atoms with Gasteiger partial charge in [-0.15, -0.1) is 0 Å². The van der Waals surface area contributed by atoms with E-state index in [0.29, 0.717) is 0 Å². The Morgan fingerprint density at radius 1 is 1.00 bits per heavy atom. The van der Waals surface area contributed by atoms with E-state index in [1.807, 2.05) is 0 Å². The van der Waals surface area contributed by atoms with Gasteiger partial charge in [-0.1, -0.05) is 28.1 Å². The second-order valence-electron chi connectivity index (χ2n) is 8.36. The summed E-state index contributed by atoms with van der Waals surface area (Å²) in [6, 6.07) is 8.47. The van der Waals surface area contributed by atoms with Gasteiger partial charge < -0.3 is 0 Å². The molecule has 5 aliphatic carbocycles. The van der Waals surface area contributed by atoms with Crippen molar-refractivity contribution in [3.05, 3.63) is 34.3 Å². The Bertz CT molecular complexity index is 575. The van der Waals surface area contributed by atoms with Gasteiger partial charge in [-0.2, -0.15) is 0 Å². The van der Waals surface area contributed by atoms with E-state index < -0.39 is 0 Å². The van der Waals surface area contributed by atoms with Gasteiger partial charge in [0.05, 0.1) is 0 Å². The van der Waals surface area contributed by atoms with Crippen molar-refractivity contribution in [3.8, 4) is 0 Å². The van der Waals surface area contributed by atoms with Gasteiger partial charge in [0.25, 0.3) is 0 Å². The largest absolute Gasteiger partial charge is 0.292 e. The maximum atomic E-state index is 4.80. The minimum absolute atomic E-state index is 0.741. The molecule has 1 nitrogen and oxygen atoms in total. The normalized spacial score (nSPS) is 45.0. The number of aliphatic imine (C=N–C) groups is 1.